The Morgan fingerprint density at radius 2 is 1.58 bits per heavy atom. The molecule has 0 aromatic heterocycles. The Morgan fingerprint density at radius 3 is 2.17 bits per heavy atom. The molecule has 0 amide bonds. The molecule has 4 N–H and O–H groups in total. The van der Waals surface area contributed by atoms with Gasteiger partial charge in [0.1, 0.15) is 0 Å². The van der Waals surface area contributed by atoms with Gasteiger partial charge in [-0.05, 0) is 24.3 Å². The molecular formula is C8H10N4. The van der Waals surface area contributed by atoms with E-state index in [4.69, 9.17) is 5.73 Å². The fraction of sp³-hybridized carbons (Fsp3) is 0. The van der Waals surface area contributed by atoms with Gasteiger partial charge in [0.15, 0.2) is 0 Å². The molecule has 62 valence electrons. The molecule has 0 fully saturated rings. The van der Waals surface area contributed by atoms with Gasteiger partial charge in [0.25, 0.3) is 0 Å². The van der Waals surface area contributed by atoms with Crippen molar-refractivity contribution in [2.24, 2.45) is 0 Å². The average Bonchev–Trinajstić information content (AvgIpc) is 2.58. The second-order valence-corrected chi connectivity index (χ2v) is 2.52. The average molecular weight is 162 g/mol. The second kappa shape index (κ2) is 2.65. The molecule has 0 aliphatic carbocycles. The summed E-state index contributed by atoms with van der Waals surface area (Å²) in [5, 5.41) is 1.79. The number of rotatable bonds is 1. The van der Waals surface area contributed by atoms with Crippen LogP contribution in [0.25, 0.3) is 0 Å². The SMILES string of the molecule is Nc1ccc(N2NC=CN2)cc1. The van der Waals surface area contributed by atoms with Gasteiger partial charge in [-0.25, -0.2) is 0 Å². The van der Waals surface area contributed by atoms with Crippen LogP contribution in [0.15, 0.2) is 36.7 Å². The molecule has 1 aromatic rings. The van der Waals surface area contributed by atoms with Crippen LogP contribution in [0.3, 0.4) is 0 Å². The Balaban J connectivity index is 2.18. The zero-order valence-electron chi connectivity index (χ0n) is 6.49. The molecule has 1 heterocycles. The summed E-state index contributed by atoms with van der Waals surface area (Å²) >= 11 is 0. The van der Waals surface area contributed by atoms with Crippen LogP contribution in [0.4, 0.5) is 11.4 Å². The maximum atomic E-state index is 5.55. The number of anilines is 2. The molecule has 0 unspecified atom stereocenters. The van der Waals surface area contributed by atoms with E-state index in [0.29, 0.717) is 0 Å². The van der Waals surface area contributed by atoms with E-state index in [2.05, 4.69) is 10.9 Å². The largest absolute Gasteiger partial charge is 0.399 e. The summed E-state index contributed by atoms with van der Waals surface area (Å²) in [7, 11) is 0. The molecular weight excluding hydrogens is 152 g/mol. The molecule has 0 spiro atoms. The number of nitrogens with two attached hydrogens (primary N) is 1. The van der Waals surface area contributed by atoms with Gasteiger partial charge in [-0.1, -0.05) is 0 Å². The fourth-order valence-corrected chi connectivity index (χ4v) is 1.03. The van der Waals surface area contributed by atoms with Crippen molar-refractivity contribution in [2.75, 3.05) is 10.9 Å². The van der Waals surface area contributed by atoms with Crippen LogP contribution < -0.4 is 21.7 Å². The number of hydrogen-bond acceptors (Lipinski definition) is 4. The summed E-state index contributed by atoms with van der Waals surface area (Å²) in [6, 6.07) is 7.58. The first kappa shape index (κ1) is 6.84. The summed E-state index contributed by atoms with van der Waals surface area (Å²) in [6.07, 6.45) is 3.63. The lowest BCUT2D eigenvalue weighted by Crippen LogP contribution is -2.37. The fourth-order valence-electron chi connectivity index (χ4n) is 1.03. The maximum absolute atomic E-state index is 5.55. The molecule has 1 aromatic carbocycles. The molecule has 0 saturated heterocycles. The zero-order valence-corrected chi connectivity index (χ0v) is 6.49. The van der Waals surface area contributed by atoms with Crippen LogP contribution in [0.1, 0.15) is 0 Å². The van der Waals surface area contributed by atoms with Crippen molar-refractivity contribution in [3.63, 3.8) is 0 Å². The number of hydrogen-bond donors (Lipinski definition) is 3. The normalized spacial score (nSPS) is 14.2. The molecule has 2 rings (SSSR count). The van der Waals surface area contributed by atoms with E-state index in [1.165, 1.54) is 0 Å². The molecule has 4 heteroatoms. The summed E-state index contributed by atoms with van der Waals surface area (Å²) in [5.74, 6) is 0. The van der Waals surface area contributed by atoms with E-state index >= 15 is 0 Å². The van der Waals surface area contributed by atoms with Gasteiger partial charge in [-0.15, -0.1) is 0 Å². The second-order valence-electron chi connectivity index (χ2n) is 2.52. The molecule has 1 aliphatic rings. The van der Waals surface area contributed by atoms with Gasteiger partial charge in [0, 0.05) is 18.1 Å². The Bertz CT molecular complexity index is 282. The Morgan fingerprint density at radius 1 is 1.00 bits per heavy atom. The van der Waals surface area contributed by atoms with Crippen LogP contribution >= 0.6 is 0 Å². The lowest BCUT2D eigenvalue weighted by molar-refractivity contribution is 0.730. The standard InChI is InChI=1S/C8H10N4/c9-7-1-3-8(4-2-7)12-10-5-6-11-12/h1-6,10-11H,9H2. The van der Waals surface area contributed by atoms with Gasteiger partial charge in [0.05, 0.1) is 5.69 Å². The number of nitrogens with one attached hydrogen (secondary N) is 2. The van der Waals surface area contributed by atoms with E-state index < -0.39 is 0 Å². The summed E-state index contributed by atoms with van der Waals surface area (Å²) in [6.45, 7) is 0. The molecule has 0 bridgehead atoms. The Hall–Kier alpha value is -1.84. The predicted octanol–water partition coefficient (Wildman–Crippen LogP) is 0.569. The summed E-state index contributed by atoms with van der Waals surface area (Å²) in [5.41, 5.74) is 13.3. The zero-order chi connectivity index (χ0) is 8.39. The van der Waals surface area contributed by atoms with Gasteiger partial charge < -0.3 is 5.73 Å². The molecule has 0 radical (unpaired) electrons. The maximum Gasteiger partial charge on any atom is 0.0812 e. The topological polar surface area (TPSA) is 53.3 Å². The quantitative estimate of drug-likeness (QED) is 0.528. The number of nitrogen functional groups attached to an aromatic ring is 1. The van der Waals surface area contributed by atoms with Crippen LogP contribution in [0.5, 0.6) is 0 Å². The smallest absolute Gasteiger partial charge is 0.0812 e. The van der Waals surface area contributed by atoms with Crippen LogP contribution in [0.2, 0.25) is 0 Å². The third kappa shape index (κ3) is 1.14. The lowest BCUT2D eigenvalue weighted by Gasteiger charge is -2.18. The number of nitrogens with zero attached hydrogens (tertiary/aromatic N) is 1. The third-order valence-electron chi connectivity index (χ3n) is 1.64. The van der Waals surface area contributed by atoms with E-state index in [0.717, 1.165) is 11.4 Å². The van der Waals surface area contributed by atoms with Crippen LogP contribution in [-0.4, -0.2) is 0 Å². The first-order chi connectivity index (χ1) is 5.86. The minimum atomic E-state index is 0.769. The van der Waals surface area contributed by atoms with E-state index in [9.17, 15) is 0 Å². The molecule has 0 saturated carbocycles. The van der Waals surface area contributed by atoms with Gasteiger partial charge >= 0.3 is 0 Å². The van der Waals surface area contributed by atoms with Crippen molar-refractivity contribution in [3.8, 4) is 0 Å². The van der Waals surface area contributed by atoms with E-state index in [1.54, 1.807) is 5.12 Å². The first-order valence-electron chi connectivity index (χ1n) is 3.69. The number of hydrazine groups is 2. The Kier molecular flexibility index (Phi) is 1.51. The highest BCUT2D eigenvalue weighted by Crippen LogP contribution is 2.13. The highest BCUT2D eigenvalue weighted by atomic mass is 15.7. The van der Waals surface area contributed by atoms with Crippen LogP contribution in [0, 0.1) is 0 Å². The Labute approximate surface area is 70.6 Å². The third-order valence-corrected chi connectivity index (χ3v) is 1.64. The minimum Gasteiger partial charge on any atom is -0.399 e. The minimum absolute atomic E-state index is 0.769. The molecule has 0 atom stereocenters. The van der Waals surface area contributed by atoms with Crippen molar-refractivity contribution >= 4 is 11.4 Å². The highest BCUT2D eigenvalue weighted by Gasteiger charge is 2.04. The van der Waals surface area contributed by atoms with Crippen molar-refractivity contribution in [1.82, 2.24) is 10.9 Å². The van der Waals surface area contributed by atoms with Crippen molar-refractivity contribution in [1.29, 1.82) is 0 Å². The highest BCUT2D eigenvalue weighted by molar-refractivity contribution is 5.52. The predicted molar refractivity (Wildman–Crippen MR) is 48.7 cm³/mol. The van der Waals surface area contributed by atoms with Crippen molar-refractivity contribution in [2.45, 2.75) is 0 Å². The molecule has 4 nitrogen and oxygen atoms in total. The van der Waals surface area contributed by atoms with Crippen molar-refractivity contribution < 1.29 is 0 Å². The first-order valence-corrected chi connectivity index (χ1v) is 3.69. The molecule has 12 heavy (non-hydrogen) atoms. The monoisotopic (exact) mass is 162 g/mol. The van der Waals surface area contributed by atoms with Gasteiger partial charge in [-0.3, -0.25) is 10.9 Å². The van der Waals surface area contributed by atoms with E-state index in [1.807, 2.05) is 36.7 Å². The lowest BCUT2D eigenvalue weighted by atomic mass is 10.3. The molecule has 1 aliphatic heterocycles. The number of benzene rings is 1. The van der Waals surface area contributed by atoms with Crippen molar-refractivity contribution in [3.05, 3.63) is 36.7 Å². The van der Waals surface area contributed by atoms with Crippen LogP contribution in [-0.2, 0) is 0 Å². The summed E-state index contributed by atoms with van der Waals surface area (Å²) < 4.78 is 0. The summed E-state index contributed by atoms with van der Waals surface area (Å²) in [4.78, 5) is 0. The van der Waals surface area contributed by atoms with E-state index in [-0.39, 0.29) is 0 Å². The van der Waals surface area contributed by atoms with Gasteiger partial charge in [-0.2, -0.15) is 5.12 Å². The van der Waals surface area contributed by atoms with Gasteiger partial charge in [0.2, 0.25) is 0 Å².